The van der Waals surface area contributed by atoms with E-state index in [0.29, 0.717) is 0 Å². The molecule has 1 heterocycles. The summed E-state index contributed by atoms with van der Waals surface area (Å²) in [6, 6.07) is 10.7. The van der Waals surface area contributed by atoms with Crippen LogP contribution in [0.5, 0.6) is 0 Å². The number of aromatic nitrogens is 1. The van der Waals surface area contributed by atoms with Crippen LogP contribution in [0.2, 0.25) is 0 Å². The zero-order valence-electron chi connectivity index (χ0n) is 11.6. The minimum absolute atomic E-state index is 0.148. The van der Waals surface area contributed by atoms with E-state index >= 15 is 0 Å². The molecule has 2 aromatic rings. The quantitative estimate of drug-likeness (QED) is 0.894. The van der Waals surface area contributed by atoms with Crippen LogP contribution in [0, 0.1) is 12.8 Å². The largest absolute Gasteiger partial charge is 0.324 e. The first-order valence-electron chi connectivity index (χ1n) is 7.36. The van der Waals surface area contributed by atoms with Crippen LogP contribution in [-0.4, -0.2) is 4.98 Å². The highest BCUT2D eigenvalue weighted by atomic mass is 14.7. The van der Waals surface area contributed by atoms with Gasteiger partial charge in [-0.15, -0.1) is 0 Å². The molecular formula is C17H22N2. The minimum atomic E-state index is 0.148. The monoisotopic (exact) mass is 254 g/mol. The first-order valence-corrected chi connectivity index (χ1v) is 7.36. The lowest BCUT2D eigenvalue weighted by molar-refractivity contribution is 0.452. The predicted octanol–water partition coefficient (Wildman–Crippen LogP) is 4.12. The van der Waals surface area contributed by atoms with E-state index in [-0.39, 0.29) is 6.04 Å². The van der Waals surface area contributed by atoms with Crippen molar-refractivity contribution in [1.82, 2.24) is 4.98 Å². The molecule has 0 spiro atoms. The van der Waals surface area contributed by atoms with E-state index in [0.717, 1.165) is 23.5 Å². The summed E-state index contributed by atoms with van der Waals surface area (Å²) >= 11 is 0. The van der Waals surface area contributed by atoms with Crippen LogP contribution in [0.25, 0.3) is 10.9 Å². The van der Waals surface area contributed by atoms with Crippen LogP contribution in [-0.2, 0) is 0 Å². The molecule has 1 aliphatic rings. The summed E-state index contributed by atoms with van der Waals surface area (Å²) in [7, 11) is 0. The van der Waals surface area contributed by atoms with E-state index in [9.17, 15) is 0 Å². The van der Waals surface area contributed by atoms with E-state index in [1.54, 1.807) is 0 Å². The summed E-state index contributed by atoms with van der Waals surface area (Å²) in [6.45, 7) is 2.05. The second-order valence-corrected chi connectivity index (χ2v) is 5.86. The number of rotatable bonds is 3. The number of para-hydroxylation sites is 1. The summed E-state index contributed by atoms with van der Waals surface area (Å²) in [4.78, 5) is 4.59. The number of pyridine rings is 1. The third-order valence-corrected chi connectivity index (χ3v) is 4.34. The van der Waals surface area contributed by atoms with Gasteiger partial charge < -0.3 is 5.73 Å². The van der Waals surface area contributed by atoms with E-state index in [1.807, 2.05) is 6.07 Å². The van der Waals surface area contributed by atoms with Gasteiger partial charge in [-0.2, -0.15) is 0 Å². The number of nitrogens with two attached hydrogens (primary N) is 1. The molecule has 2 N–H and O–H groups in total. The van der Waals surface area contributed by atoms with Crippen molar-refractivity contribution in [2.75, 3.05) is 0 Å². The molecule has 3 rings (SSSR count). The molecule has 1 fully saturated rings. The average molecular weight is 254 g/mol. The Morgan fingerprint density at radius 1 is 1.26 bits per heavy atom. The van der Waals surface area contributed by atoms with Crippen molar-refractivity contribution < 1.29 is 0 Å². The van der Waals surface area contributed by atoms with Gasteiger partial charge in [0.25, 0.3) is 0 Å². The van der Waals surface area contributed by atoms with Crippen LogP contribution in [0.1, 0.15) is 49.4 Å². The van der Waals surface area contributed by atoms with Gasteiger partial charge in [0, 0.05) is 17.1 Å². The van der Waals surface area contributed by atoms with E-state index in [4.69, 9.17) is 5.73 Å². The molecule has 1 unspecified atom stereocenters. The van der Waals surface area contributed by atoms with Crippen molar-refractivity contribution in [3.63, 3.8) is 0 Å². The van der Waals surface area contributed by atoms with Gasteiger partial charge in [-0.05, 0) is 37.0 Å². The SMILES string of the molecule is Cc1cc(C(N)CC2CCCC2)c2ccccc2n1. The van der Waals surface area contributed by atoms with Crippen LogP contribution in [0.15, 0.2) is 30.3 Å². The van der Waals surface area contributed by atoms with Gasteiger partial charge in [0.05, 0.1) is 5.52 Å². The minimum Gasteiger partial charge on any atom is -0.324 e. The second kappa shape index (κ2) is 5.30. The van der Waals surface area contributed by atoms with Gasteiger partial charge in [-0.3, -0.25) is 4.98 Å². The van der Waals surface area contributed by atoms with Crippen LogP contribution in [0.3, 0.4) is 0 Å². The predicted molar refractivity (Wildman–Crippen MR) is 80.0 cm³/mol. The van der Waals surface area contributed by atoms with Crippen molar-refractivity contribution in [3.05, 3.63) is 41.6 Å². The van der Waals surface area contributed by atoms with E-state index in [2.05, 4.69) is 36.2 Å². The lowest BCUT2D eigenvalue weighted by Gasteiger charge is -2.19. The fourth-order valence-electron chi connectivity index (χ4n) is 3.38. The molecule has 2 heteroatoms. The first-order chi connectivity index (χ1) is 9.24. The molecule has 0 saturated heterocycles. The number of fused-ring (bicyclic) bond motifs is 1. The fourth-order valence-corrected chi connectivity index (χ4v) is 3.38. The van der Waals surface area contributed by atoms with Gasteiger partial charge in [-0.25, -0.2) is 0 Å². The number of hydrogen-bond acceptors (Lipinski definition) is 2. The molecule has 1 aromatic carbocycles. The smallest absolute Gasteiger partial charge is 0.0708 e. The molecule has 0 bridgehead atoms. The molecule has 1 aliphatic carbocycles. The van der Waals surface area contributed by atoms with Gasteiger partial charge in [-0.1, -0.05) is 43.9 Å². The second-order valence-electron chi connectivity index (χ2n) is 5.86. The summed E-state index contributed by atoms with van der Waals surface area (Å²) in [5.74, 6) is 0.822. The molecule has 0 radical (unpaired) electrons. The Hall–Kier alpha value is -1.41. The van der Waals surface area contributed by atoms with Gasteiger partial charge in [0.1, 0.15) is 0 Å². The summed E-state index contributed by atoms with van der Waals surface area (Å²) in [5, 5.41) is 1.22. The number of aryl methyl sites for hydroxylation is 1. The molecular weight excluding hydrogens is 232 g/mol. The van der Waals surface area contributed by atoms with Crippen molar-refractivity contribution in [1.29, 1.82) is 0 Å². The summed E-state index contributed by atoms with van der Waals surface area (Å²) in [6.07, 6.45) is 6.60. The number of nitrogens with zero attached hydrogens (tertiary/aromatic N) is 1. The Morgan fingerprint density at radius 2 is 2.00 bits per heavy atom. The zero-order valence-corrected chi connectivity index (χ0v) is 11.6. The Balaban J connectivity index is 1.94. The fraction of sp³-hybridized carbons (Fsp3) is 0.471. The van der Waals surface area contributed by atoms with Crippen LogP contribution >= 0.6 is 0 Å². The Labute approximate surface area is 115 Å². The molecule has 2 nitrogen and oxygen atoms in total. The van der Waals surface area contributed by atoms with Gasteiger partial charge >= 0.3 is 0 Å². The lowest BCUT2D eigenvalue weighted by atomic mass is 9.92. The first kappa shape index (κ1) is 12.6. The number of benzene rings is 1. The maximum atomic E-state index is 6.48. The Bertz CT molecular complexity index is 570. The molecule has 19 heavy (non-hydrogen) atoms. The van der Waals surface area contributed by atoms with Crippen LogP contribution in [0.4, 0.5) is 0 Å². The topological polar surface area (TPSA) is 38.9 Å². The molecule has 0 aliphatic heterocycles. The molecule has 1 saturated carbocycles. The highest BCUT2D eigenvalue weighted by Crippen LogP contribution is 2.34. The third-order valence-electron chi connectivity index (χ3n) is 4.34. The molecule has 0 amide bonds. The molecule has 1 atom stereocenters. The Morgan fingerprint density at radius 3 is 2.79 bits per heavy atom. The maximum absolute atomic E-state index is 6.48. The third kappa shape index (κ3) is 2.64. The van der Waals surface area contributed by atoms with E-state index < -0.39 is 0 Å². The average Bonchev–Trinajstić information content (AvgIpc) is 2.90. The number of hydrogen-bond donors (Lipinski definition) is 1. The summed E-state index contributed by atoms with van der Waals surface area (Å²) < 4.78 is 0. The summed E-state index contributed by atoms with van der Waals surface area (Å²) in [5.41, 5.74) is 9.89. The molecule has 100 valence electrons. The standard InChI is InChI=1S/C17H22N2/c1-12-10-15(14-8-4-5-9-17(14)19-12)16(18)11-13-6-2-3-7-13/h4-5,8-10,13,16H,2-3,6-7,11,18H2,1H3. The van der Waals surface area contributed by atoms with Crippen molar-refractivity contribution in [3.8, 4) is 0 Å². The van der Waals surface area contributed by atoms with Crippen LogP contribution < -0.4 is 5.73 Å². The van der Waals surface area contributed by atoms with Gasteiger partial charge in [0.2, 0.25) is 0 Å². The molecule has 1 aromatic heterocycles. The Kier molecular flexibility index (Phi) is 3.52. The van der Waals surface area contributed by atoms with Crippen molar-refractivity contribution >= 4 is 10.9 Å². The van der Waals surface area contributed by atoms with Crippen molar-refractivity contribution in [2.45, 2.75) is 45.1 Å². The normalized spacial score (nSPS) is 18.0. The van der Waals surface area contributed by atoms with E-state index in [1.165, 1.54) is 36.6 Å². The highest BCUT2D eigenvalue weighted by Gasteiger charge is 2.20. The van der Waals surface area contributed by atoms with Crippen molar-refractivity contribution in [2.24, 2.45) is 11.7 Å². The maximum Gasteiger partial charge on any atom is 0.0708 e. The zero-order chi connectivity index (χ0) is 13.2. The lowest BCUT2D eigenvalue weighted by Crippen LogP contribution is -2.15. The highest BCUT2D eigenvalue weighted by molar-refractivity contribution is 5.82. The van der Waals surface area contributed by atoms with Gasteiger partial charge in [0.15, 0.2) is 0 Å².